The summed E-state index contributed by atoms with van der Waals surface area (Å²) >= 11 is 3.34. The quantitative estimate of drug-likeness (QED) is 0.873. The van der Waals surface area contributed by atoms with Crippen LogP contribution >= 0.6 is 15.9 Å². The molecule has 5 heteroatoms. The lowest BCUT2D eigenvalue weighted by Gasteiger charge is -2.14. The number of hydrogen-bond acceptors (Lipinski definition) is 1. The molecule has 0 radical (unpaired) electrons. The van der Waals surface area contributed by atoms with Crippen LogP contribution in [0.25, 0.3) is 0 Å². The van der Waals surface area contributed by atoms with Crippen LogP contribution < -0.4 is 5.32 Å². The van der Waals surface area contributed by atoms with Gasteiger partial charge in [0.05, 0.1) is 6.54 Å². The zero-order chi connectivity index (χ0) is 12.9. The normalized spacial score (nSPS) is 13.7. The number of halogens is 4. The lowest BCUT2D eigenvalue weighted by Crippen LogP contribution is -2.32. The topological polar surface area (TPSA) is 12.0 Å². The van der Waals surface area contributed by atoms with Crippen molar-refractivity contribution in [3.63, 3.8) is 0 Å². The fourth-order valence-electron chi connectivity index (χ4n) is 1.56. The van der Waals surface area contributed by atoms with E-state index in [9.17, 15) is 13.2 Å². The number of rotatable bonds is 5. The zero-order valence-electron chi connectivity index (χ0n) is 9.52. The smallest absolute Gasteiger partial charge is 0.308 e. The van der Waals surface area contributed by atoms with Crippen molar-refractivity contribution in [3.05, 3.63) is 34.3 Å². The molecule has 17 heavy (non-hydrogen) atoms. The van der Waals surface area contributed by atoms with Gasteiger partial charge in [-0.25, -0.2) is 0 Å². The van der Waals surface area contributed by atoms with Gasteiger partial charge in [0.2, 0.25) is 0 Å². The molecule has 0 saturated heterocycles. The average molecular weight is 310 g/mol. The lowest BCUT2D eigenvalue weighted by molar-refractivity contribution is -0.125. The van der Waals surface area contributed by atoms with Crippen molar-refractivity contribution >= 4 is 15.9 Å². The molecule has 0 saturated carbocycles. The summed E-state index contributed by atoms with van der Waals surface area (Å²) in [6.45, 7) is 1.39. The molecule has 1 aromatic rings. The van der Waals surface area contributed by atoms with Gasteiger partial charge >= 0.3 is 6.18 Å². The van der Waals surface area contributed by atoms with Crippen molar-refractivity contribution in [2.75, 3.05) is 13.1 Å². The van der Waals surface area contributed by atoms with E-state index in [1.807, 2.05) is 31.2 Å². The van der Waals surface area contributed by atoms with Gasteiger partial charge in [-0.1, -0.05) is 35.0 Å². The average Bonchev–Trinajstić information content (AvgIpc) is 2.19. The van der Waals surface area contributed by atoms with Crippen molar-refractivity contribution < 1.29 is 13.2 Å². The molecule has 0 bridgehead atoms. The van der Waals surface area contributed by atoms with Crippen molar-refractivity contribution in [2.45, 2.75) is 19.5 Å². The molecule has 0 amide bonds. The van der Waals surface area contributed by atoms with Crippen LogP contribution in [0.2, 0.25) is 0 Å². The first kappa shape index (κ1) is 14.5. The van der Waals surface area contributed by atoms with E-state index in [0.717, 1.165) is 16.5 Å². The second-order valence-corrected chi connectivity index (χ2v) is 5.10. The highest BCUT2D eigenvalue weighted by Gasteiger charge is 2.26. The summed E-state index contributed by atoms with van der Waals surface area (Å²) in [7, 11) is 0. The Hall–Kier alpha value is -0.550. The molecule has 0 aromatic heterocycles. The molecular weight excluding hydrogens is 295 g/mol. The van der Waals surface area contributed by atoms with Gasteiger partial charge in [0.15, 0.2) is 0 Å². The van der Waals surface area contributed by atoms with Gasteiger partial charge in [-0.2, -0.15) is 13.2 Å². The summed E-state index contributed by atoms with van der Waals surface area (Å²) in [4.78, 5) is 0. The molecule has 0 aliphatic carbocycles. The van der Waals surface area contributed by atoms with Crippen molar-refractivity contribution in [2.24, 2.45) is 5.92 Å². The largest absolute Gasteiger partial charge is 0.401 e. The lowest BCUT2D eigenvalue weighted by atomic mass is 10.0. The summed E-state index contributed by atoms with van der Waals surface area (Å²) in [6.07, 6.45) is -3.35. The highest BCUT2D eigenvalue weighted by molar-refractivity contribution is 9.10. The maximum Gasteiger partial charge on any atom is 0.401 e. The predicted octanol–water partition coefficient (Wildman–Crippen LogP) is 3.78. The molecule has 1 rings (SSSR count). The summed E-state index contributed by atoms with van der Waals surface area (Å²) in [5, 5.41) is 2.42. The highest BCUT2D eigenvalue weighted by atomic mass is 79.9. The van der Waals surface area contributed by atoms with Gasteiger partial charge in [0.1, 0.15) is 0 Å². The van der Waals surface area contributed by atoms with Crippen LogP contribution in [-0.4, -0.2) is 19.3 Å². The van der Waals surface area contributed by atoms with Crippen LogP contribution in [0.15, 0.2) is 28.7 Å². The van der Waals surface area contributed by atoms with Crippen LogP contribution in [0.3, 0.4) is 0 Å². The molecule has 0 heterocycles. The Morgan fingerprint density at radius 3 is 2.35 bits per heavy atom. The third-order valence-corrected chi connectivity index (χ3v) is 2.84. The van der Waals surface area contributed by atoms with E-state index in [2.05, 4.69) is 21.2 Å². The van der Waals surface area contributed by atoms with Gasteiger partial charge in [-0.15, -0.1) is 0 Å². The van der Waals surface area contributed by atoms with Crippen LogP contribution in [-0.2, 0) is 6.42 Å². The van der Waals surface area contributed by atoms with Gasteiger partial charge in [0, 0.05) is 4.47 Å². The van der Waals surface area contributed by atoms with Gasteiger partial charge < -0.3 is 5.32 Å². The third kappa shape index (κ3) is 6.68. The number of alkyl halides is 3. The van der Waals surface area contributed by atoms with E-state index >= 15 is 0 Å². The zero-order valence-corrected chi connectivity index (χ0v) is 11.1. The Labute approximate surface area is 108 Å². The fourth-order valence-corrected chi connectivity index (χ4v) is 1.82. The monoisotopic (exact) mass is 309 g/mol. The first-order valence-corrected chi connectivity index (χ1v) is 6.18. The summed E-state index contributed by atoms with van der Waals surface area (Å²) in [6, 6.07) is 7.82. The molecule has 1 aromatic carbocycles. The first-order valence-electron chi connectivity index (χ1n) is 5.39. The van der Waals surface area contributed by atoms with Gasteiger partial charge in [0.25, 0.3) is 0 Å². The third-order valence-electron chi connectivity index (χ3n) is 2.32. The Kier molecular flexibility index (Phi) is 5.46. The summed E-state index contributed by atoms with van der Waals surface area (Å²) in [5.41, 5.74) is 1.13. The Bertz CT molecular complexity index is 335. The Balaban J connectivity index is 2.30. The predicted molar refractivity (Wildman–Crippen MR) is 65.9 cm³/mol. The van der Waals surface area contributed by atoms with Gasteiger partial charge in [-0.3, -0.25) is 0 Å². The number of hydrogen-bond donors (Lipinski definition) is 1. The molecule has 1 nitrogen and oxygen atoms in total. The van der Waals surface area contributed by atoms with Crippen LogP contribution in [0.4, 0.5) is 13.2 Å². The molecule has 1 N–H and O–H groups in total. The fraction of sp³-hybridized carbons (Fsp3) is 0.500. The van der Waals surface area contributed by atoms with Crippen LogP contribution in [0, 0.1) is 5.92 Å². The Morgan fingerprint density at radius 1 is 1.24 bits per heavy atom. The number of nitrogens with one attached hydrogen (secondary N) is 1. The summed E-state index contributed by atoms with van der Waals surface area (Å²) in [5.74, 6) is 0.179. The Morgan fingerprint density at radius 2 is 1.82 bits per heavy atom. The number of benzene rings is 1. The highest BCUT2D eigenvalue weighted by Crippen LogP contribution is 2.15. The van der Waals surface area contributed by atoms with E-state index in [1.165, 1.54) is 0 Å². The second-order valence-electron chi connectivity index (χ2n) is 4.18. The van der Waals surface area contributed by atoms with Crippen molar-refractivity contribution in [1.29, 1.82) is 0 Å². The summed E-state index contributed by atoms with van der Waals surface area (Å²) < 4.78 is 36.7. The molecular formula is C12H15BrF3N. The second kappa shape index (κ2) is 6.40. The molecule has 96 valence electrons. The van der Waals surface area contributed by atoms with E-state index in [4.69, 9.17) is 0 Å². The van der Waals surface area contributed by atoms with Crippen LogP contribution in [0.1, 0.15) is 12.5 Å². The molecule has 0 spiro atoms. The van der Waals surface area contributed by atoms with Crippen LogP contribution in [0.5, 0.6) is 0 Å². The standard InChI is InChI=1S/C12H15BrF3N/c1-9(7-17-8-12(14,15)16)6-10-2-4-11(13)5-3-10/h2-5,9,17H,6-8H2,1H3. The van der Waals surface area contributed by atoms with Crippen molar-refractivity contribution in [1.82, 2.24) is 5.32 Å². The molecule has 1 atom stereocenters. The maximum atomic E-state index is 11.9. The minimum atomic E-state index is -4.13. The van der Waals surface area contributed by atoms with E-state index < -0.39 is 12.7 Å². The van der Waals surface area contributed by atoms with E-state index in [0.29, 0.717) is 6.54 Å². The van der Waals surface area contributed by atoms with Crippen molar-refractivity contribution in [3.8, 4) is 0 Å². The molecule has 1 unspecified atom stereocenters. The minimum Gasteiger partial charge on any atom is -0.308 e. The van der Waals surface area contributed by atoms with Gasteiger partial charge in [-0.05, 0) is 36.6 Å². The van der Waals surface area contributed by atoms with E-state index in [-0.39, 0.29) is 5.92 Å². The maximum absolute atomic E-state index is 11.9. The minimum absolute atomic E-state index is 0.179. The molecule has 0 fully saturated rings. The first-order chi connectivity index (χ1) is 7.87. The van der Waals surface area contributed by atoms with E-state index in [1.54, 1.807) is 0 Å². The molecule has 0 aliphatic heterocycles. The molecule has 0 aliphatic rings. The SMILES string of the molecule is CC(CNCC(F)(F)F)Cc1ccc(Br)cc1.